The molecule has 0 spiro atoms. The van der Waals surface area contributed by atoms with Crippen LogP contribution < -0.4 is 5.73 Å². The van der Waals surface area contributed by atoms with Gasteiger partial charge in [-0.1, -0.05) is 11.6 Å². The molecule has 2 N–H and O–H groups in total. The lowest BCUT2D eigenvalue weighted by Gasteiger charge is -2.06. The second-order valence-electron chi connectivity index (χ2n) is 2.84. The van der Waals surface area contributed by atoms with Crippen molar-refractivity contribution in [2.24, 2.45) is 0 Å². The highest BCUT2D eigenvalue weighted by molar-refractivity contribution is 6.36. The van der Waals surface area contributed by atoms with Crippen LogP contribution in [0.1, 0.15) is 17.3 Å². The second-order valence-corrected chi connectivity index (χ2v) is 3.22. The first-order valence-corrected chi connectivity index (χ1v) is 4.76. The molecule has 0 saturated heterocycles. The van der Waals surface area contributed by atoms with Gasteiger partial charge in [0, 0.05) is 6.07 Å². The summed E-state index contributed by atoms with van der Waals surface area (Å²) in [5.74, 6) is -0.656. The van der Waals surface area contributed by atoms with E-state index in [2.05, 4.69) is 0 Å². The van der Waals surface area contributed by atoms with Gasteiger partial charge in [-0.3, -0.25) is 10.1 Å². The number of carbonyl (C=O) groups is 1. The fourth-order valence-electron chi connectivity index (χ4n) is 1.11. The first kappa shape index (κ1) is 12.3. The number of carbonyl (C=O) groups excluding carboxylic acids is 1. The van der Waals surface area contributed by atoms with Gasteiger partial charge in [-0.25, -0.2) is 4.79 Å². The van der Waals surface area contributed by atoms with E-state index in [1.165, 1.54) is 6.07 Å². The van der Waals surface area contributed by atoms with E-state index in [0.717, 1.165) is 6.07 Å². The summed E-state index contributed by atoms with van der Waals surface area (Å²) < 4.78 is 4.72. The number of esters is 1. The molecule has 0 saturated carbocycles. The molecule has 1 rings (SSSR count). The third kappa shape index (κ3) is 2.22. The summed E-state index contributed by atoms with van der Waals surface area (Å²) in [6.45, 7) is 1.83. The summed E-state index contributed by atoms with van der Waals surface area (Å²) in [5, 5.41) is 10.3. The van der Waals surface area contributed by atoms with Crippen LogP contribution in [-0.2, 0) is 4.74 Å². The summed E-state index contributed by atoms with van der Waals surface area (Å²) in [6.07, 6.45) is 0. The molecule has 0 atom stereocenters. The van der Waals surface area contributed by atoms with Crippen molar-refractivity contribution in [2.75, 3.05) is 12.3 Å². The third-order valence-corrected chi connectivity index (χ3v) is 2.25. The van der Waals surface area contributed by atoms with Crippen molar-refractivity contribution in [3.63, 3.8) is 0 Å². The Morgan fingerprint density at radius 3 is 2.75 bits per heavy atom. The van der Waals surface area contributed by atoms with Crippen LogP contribution in [0, 0.1) is 10.1 Å². The quantitative estimate of drug-likeness (QED) is 0.380. The summed E-state index contributed by atoms with van der Waals surface area (Å²) in [7, 11) is 0. The summed E-state index contributed by atoms with van der Waals surface area (Å²) in [5.41, 5.74) is 5.06. The number of hydrogen-bond acceptors (Lipinski definition) is 5. The van der Waals surface area contributed by atoms with Crippen LogP contribution in [0.5, 0.6) is 0 Å². The Labute approximate surface area is 96.1 Å². The minimum absolute atomic E-state index is 0.0254. The number of benzene rings is 1. The number of hydrogen-bond donors (Lipinski definition) is 1. The lowest BCUT2D eigenvalue weighted by atomic mass is 10.1. The fraction of sp³-hybridized carbons (Fsp3) is 0.222. The Kier molecular flexibility index (Phi) is 3.68. The molecular formula is C9H9ClN2O4. The first-order chi connectivity index (χ1) is 7.49. The van der Waals surface area contributed by atoms with E-state index < -0.39 is 10.9 Å². The highest BCUT2D eigenvalue weighted by Gasteiger charge is 2.21. The molecular weight excluding hydrogens is 236 g/mol. The van der Waals surface area contributed by atoms with E-state index in [-0.39, 0.29) is 28.6 Å². The molecule has 16 heavy (non-hydrogen) atoms. The van der Waals surface area contributed by atoms with E-state index in [0.29, 0.717) is 0 Å². The van der Waals surface area contributed by atoms with Gasteiger partial charge in [-0.05, 0) is 13.0 Å². The van der Waals surface area contributed by atoms with Gasteiger partial charge in [0.1, 0.15) is 5.02 Å². The van der Waals surface area contributed by atoms with E-state index in [4.69, 9.17) is 22.1 Å². The van der Waals surface area contributed by atoms with Gasteiger partial charge >= 0.3 is 5.97 Å². The Bertz CT molecular complexity index is 447. The Morgan fingerprint density at radius 1 is 1.62 bits per heavy atom. The van der Waals surface area contributed by atoms with Crippen molar-refractivity contribution in [1.29, 1.82) is 0 Å². The van der Waals surface area contributed by atoms with E-state index in [1.807, 2.05) is 0 Å². The Hall–Kier alpha value is -1.82. The molecule has 0 aliphatic carbocycles. The lowest BCUT2D eigenvalue weighted by Crippen LogP contribution is -2.09. The number of ether oxygens (including phenoxy) is 1. The zero-order chi connectivity index (χ0) is 12.3. The van der Waals surface area contributed by atoms with Crippen molar-refractivity contribution in [3.8, 4) is 0 Å². The van der Waals surface area contributed by atoms with Crippen LogP contribution in [0.15, 0.2) is 12.1 Å². The van der Waals surface area contributed by atoms with Crippen LogP contribution in [0.3, 0.4) is 0 Å². The smallest absolute Gasteiger partial charge is 0.340 e. The number of nitrogens with two attached hydrogens (primary N) is 1. The summed E-state index contributed by atoms with van der Waals surface area (Å²) in [4.78, 5) is 21.2. The van der Waals surface area contributed by atoms with Gasteiger partial charge < -0.3 is 10.5 Å². The monoisotopic (exact) mass is 244 g/mol. The molecule has 0 amide bonds. The molecule has 0 heterocycles. The van der Waals surface area contributed by atoms with E-state index >= 15 is 0 Å². The minimum Gasteiger partial charge on any atom is -0.462 e. The van der Waals surface area contributed by atoms with E-state index in [1.54, 1.807) is 6.92 Å². The van der Waals surface area contributed by atoms with Crippen LogP contribution in [0.25, 0.3) is 0 Å². The molecule has 6 nitrogen and oxygen atoms in total. The van der Waals surface area contributed by atoms with Crippen LogP contribution >= 0.6 is 11.6 Å². The summed E-state index contributed by atoms with van der Waals surface area (Å²) in [6, 6.07) is 2.34. The summed E-state index contributed by atoms with van der Waals surface area (Å²) >= 11 is 5.66. The number of nitrogen functional groups attached to an aromatic ring is 1. The van der Waals surface area contributed by atoms with Crippen molar-refractivity contribution in [2.45, 2.75) is 6.92 Å². The lowest BCUT2D eigenvalue weighted by molar-refractivity contribution is -0.384. The Balaban J connectivity index is 3.21. The molecule has 7 heteroatoms. The molecule has 0 aliphatic rings. The third-order valence-electron chi connectivity index (χ3n) is 1.85. The van der Waals surface area contributed by atoms with Crippen LogP contribution in [0.2, 0.25) is 5.02 Å². The van der Waals surface area contributed by atoms with Crippen molar-refractivity contribution < 1.29 is 14.5 Å². The van der Waals surface area contributed by atoms with Gasteiger partial charge in [0.05, 0.1) is 22.8 Å². The average Bonchev–Trinajstić information content (AvgIpc) is 2.21. The van der Waals surface area contributed by atoms with Gasteiger partial charge in [0.2, 0.25) is 0 Å². The second kappa shape index (κ2) is 4.80. The van der Waals surface area contributed by atoms with Gasteiger partial charge in [-0.15, -0.1) is 0 Å². The number of nitro groups is 1. The highest BCUT2D eigenvalue weighted by Crippen LogP contribution is 2.32. The average molecular weight is 245 g/mol. The minimum atomic E-state index is -0.673. The normalized spacial score (nSPS) is 9.88. The van der Waals surface area contributed by atoms with E-state index in [9.17, 15) is 14.9 Å². The van der Waals surface area contributed by atoms with Crippen LogP contribution in [-0.4, -0.2) is 17.5 Å². The maximum absolute atomic E-state index is 11.4. The molecule has 0 aliphatic heterocycles. The van der Waals surface area contributed by atoms with Crippen LogP contribution in [0.4, 0.5) is 11.4 Å². The number of rotatable bonds is 3. The standard InChI is InChI=1S/C9H9ClN2O4/c1-2-16-9(13)5-3-4-6(12(14)15)7(10)8(5)11/h3-4H,2,11H2,1H3. The molecule has 86 valence electrons. The molecule has 0 fully saturated rings. The topological polar surface area (TPSA) is 95.5 Å². The van der Waals surface area contributed by atoms with Gasteiger partial charge in [0.15, 0.2) is 0 Å². The Morgan fingerprint density at radius 2 is 2.25 bits per heavy atom. The number of anilines is 1. The number of nitro benzene ring substituents is 1. The molecule has 1 aromatic carbocycles. The van der Waals surface area contributed by atoms with Crippen molar-refractivity contribution in [3.05, 3.63) is 32.8 Å². The van der Waals surface area contributed by atoms with Gasteiger partial charge in [-0.2, -0.15) is 0 Å². The maximum atomic E-state index is 11.4. The predicted octanol–water partition coefficient (Wildman–Crippen LogP) is 2.01. The number of nitrogens with zero attached hydrogens (tertiary/aromatic N) is 1. The maximum Gasteiger partial charge on any atom is 0.340 e. The highest BCUT2D eigenvalue weighted by atomic mass is 35.5. The first-order valence-electron chi connectivity index (χ1n) is 4.38. The molecule has 0 radical (unpaired) electrons. The fourth-order valence-corrected chi connectivity index (χ4v) is 1.34. The largest absolute Gasteiger partial charge is 0.462 e. The van der Waals surface area contributed by atoms with Gasteiger partial charge in [0.25, 0.3) is 5.69 Å². The predicted molar refractivity (Wildman–Crippen MR) is 58.5 cm³/mol. The molecule has 1 aromatic rings. The molecule has 0 unspecified atom stereocenters. The molecule has 0 aromatic heterocycles. The number of halogens is 1. The van der Waals surface area contributed by atoms with Crippen molar-refractivity contribution >= 4 is 28.9 Å². The molecule has 0 bridgehead atoms. The SMILES string of the molecule is CCOC(=O)c1ccc([N+](=O)[O-])c(Cl)c1N. The zero-order valence-corrected chi connectivity index (χ0v) is 9.15. The zero-order valence-electron chi connectivity index (χ0n) is 8.40. The van der Waals surface area contributed by atoms with Crippen molar-refractivity contribution in [1.82, 2.24) is 0 Å².